The molecule has 0 aliphatic carbocycles. The highest BCUT2D eigenvalue weighted by Crippen LogP contribution is 2.11. The van der Waals surface area contributed by atoms with Gasteiger partial charge in [-0.2, -0.15) is 0 Å². The molecule has 0 saturated heterocycles. The van der Waals surface area contributed by atoms with Gasteiger partial charge >= 0.3 is 0 Å². The van der Waals surface area contributed by atoms with Crippen LogP contribution in [0.1, 0.15) is 33.1 Å². The number of unbranched alkanes of at least 4 members (excludes halogenated alkanes) is 1. The molecule has 0 saturated carbocycles. The van der Waals surface area contributed by atoms with E-state index in [9.17, 15) is 4.79 Å². The lowest BCUT2D eigenvalue weighted by Gasteiger charge is -2.19. The summed E-state index contributed by atoms with van der Waals surface area (Å²) in [4.78, 5) is 13.6. The van der Waals surface area contributed by atoms with Gasteiger partial charge in [-0.1, -0.05) is 20.4 Å². The van der Waals surface area contributed by atoms with Gasteiger partial charge in [0.05, 0.1) is 0 Å². The summed E-state index contributed by atoms with van der Waals surface area (Å²) in [7, 11) is 3.53. The van der Waals surface area contributed by atoms with Gasteiger partial charge in [0.1, 0.15) is 0 Å². The Hall–Kier alpha value is -0.830. The maximum atomic E-state index is 11.8. The summed E-state index contributed by atoms with van der Waals surface area (Å²) in [6.45, 7) is 9.57. The van der Waals surface area contributed by atoms with Crippen LogP contribution in [0.4, 0.5) is 0 Å². The number of amides is 1. The number of nitrogens with zero attached hydrogens (tertiary/aromatic N) is 1. The van der Waals surface area contributed by atoms with Crippen LogP contribution >= 0.6 is 0 Å². The first-order valence-electron chi connectivity index (χ1n) is 5.91. The molecule has 0 aromatic heterocycles. The summed E-state index contributed by atoms with van der Waals surface area (Å²) in [5.41, 5.74) is 0.712. The average molecular weight is 227 g/mol. The molecule has 0 N–H and O–H groups in total. The maximum Gasteiger partial charge on any atom is 0.248 e. The van der Waals surface area contributed by atoms with Crippen LogP contribution < -0.4 is 0 Å². The van der Waals surface area contributed by atoms with Gasteiger partial charge in [-0.15, -0.1) is 0 Å². The molecule has 0 fully saturated rings. The Kier molecular flexibility index (Phi) is 7.90. The van der Waals surface area contributed by atoms with Crippen LogP contribution in [0.5, 0.6) is 0 Å². The Morgan fingerprint density at radius 1 is 1.38 bits per heavy atom. The fourth-order valence-corrected chi connectivity index (χ4v) is 1.55. The third-order valence-electron chi connectivity index (χ3n) is 2.40. The van der Waals surface area contributed by atoms with Crippen molar-refractivity contribution in [3.05, 3.63) is 12.2 Å². The van der Waals surface area contributed by atoms with Gasteiger partial charge in [-0.05, 0) is 25.2 Å². The predicted molar refractivity (Wildman–Crippen MR) is 67.3 cm³/mol. The summed E-state index contributed by atoms with van der Waals surface area (Å²) in [6, 6.07) is 0. The van der Waals surface area contributed by atoms with Crippen molar-refractivity contribution in [2.24, 2.45) is 5.92 Å². The second kappa shape index (κ2) is 8.34. The SMILES string of the molecule is C=C(CC(C)C)C(=O)N(C)CCCCOC. The summed E-state index contributed by atoms with van der Waals surface area (Å²) >= 11 is 0. The van der Waals surface area contributed by atoms with Gasteiger partial charge in [0.15, 0.2) is 0 Å². The van der Waals surface area contributed by atoms with Gasteiger partial charge in [0.25, 0.3) is 0 Å². The van der Waals surface area contributed by atoms with Crippen molar-refractivity contribution in [1.29, 1.82) is 0 Å². The van der Waals surface area contributed by atoms with E-state index in [-0.39, 0.29) is 5.91 Å². The Labute approximate surface area is 99.5 Å². The Morgan fingerprint density at radius 3 is 2.50 bits per heavy atom. The lowest BCUT2D eigenvalue weighted by atomic mass is 10.0. The van der Waals surface area contributed by atoms with Gasteiger partial charge in [-0.25, -0.2) is 0 Å². The molecule has 0 bridgehead atoms. The molecule has 0 rings (SSSR count). The molecular formula is C13H25NO2. The monoisotopic (exact) mass is 227 g/mol. The number of carbonyl (C=O) groups is 1. The molecule has 0 aliphatic rings. The van der Waals surface area contributed by atoms with E-state index in [0.29, 0.717) is 11.5 Å². The molecule has 1 amide bonds. The second-order valence-corrected chi connectivity index (χ2v) is 4.63. The molecule has 0 atom stereocenters. The zero-order chi connectivity index (χ0) is 12.6. The van der Waals surface area contributed by atoms with Gasteiger partial charge in [-0.3, -0.25) is 4.79 Å². The number of ether oxygens (including phenoxy) is 1. The molecule has 0 radical (unpaired) electrons. The van der Waals surface area contributed by atoms with E-state index in [1.54, 1.807) is 12.0 Å². The van der Waals surface area contributed by atoms with E-state index >= 15 is 0 Å². The van der Waals surface area contributed by atoms with E-state index in [1.165, 1.54) is 0 Å². The topological polar surface area (TPSA) is 29.5 Å². The molecule has 0 aromatic rings. The lowest BCUT2D eigenvalue weighted by molar-refractivity contribution is -0.126. The number of carbonyl (C=O) groups excluding carboxylic acids is 1. The molecule has 0 spiro atoms. The van der Waals surface area contributed by atoms with Gasteiger partial charge in [0.2, 0.25) is 5.91 Å². The highest BCUT2D eigenvalue weighted by Gasteiger charge is 2.13. The normalized spacial score (nSPS) is 10.6. The van der Waals surface area contributed by atoms with Crippen molar-refractivity contribution in [2.45, 2.75) is 33.1 Å². The third kappa shape index (κ3) is 6.62. The third-order valence-corrected chi connectivity index (χ3v) is 2.40. The van der Waals surface area contributed by atoms with E-state index in [1.807, 2.05) is 7.05 Å². The van der Waals surface area contributed by atoms with E-state index in [2.05, 4.69) is 20.4 Å². The van der Waals surface area contributed by atoms with Crippen LogP contribution in [0, 0.1) is 5.92 Å². The van der Waals surface area contributed by atoms with Crippen molar-refractivity contribution in [2.75, 3.05) is 27.3 Å². The predicted octanol–water partition coefficient (Wildman–Crippen LogP) is 2.47. The summed E-state index contributed by atoms with van der Waals surface area (Å²) in [6.07, 6.45) is 2.75. The highest BCUT2D eigenvalue weighted by atomic mass is 16.5. The van der Waals surface area contributed by atoms with Crippen molar-refractivity contribution in [3.8, 4) is 0 Å². The van der Waals surface area contributed by atoms with Crippen molar-refractivity contribution < 1.29 is 9.53 Å². The average Bonchev–Trinajstić information content (AvgIpc) is 2.22. The van der Waals surface area contributed by atoms with Crippen LogP contribution in [-0.4, -0.2) is 38.1 Å². The maximum absolute atomic E-state index is 11.8. The van der Waals surface area contributed by atoms with Crippen LogP contribution in [0.2, 0.25) is 0 Å². The fourth-order valence-electron chi connectivity index (χ4n) is 1.55. The molecule has 3 heteroatoms. The summed E-state index contributed by atoms with van der Waals surface area (Å²) in [5.74, 6) is 0.560. The minimum atomic E-state index is 0.0751. The Morgan fingerprint density at radius 2 is 2.00 bits per heavy atom. The standard InChI is InChI=1S/C13H25NO2/c1-11(2)10-12(3)13(15)14(4)8-6-7-9-16-5/h11H,3,6-10H2,1-2,4-5H3. The van der Waals surface area contributed by atoms with Crippen LogP contribution in [-0.2, 0) is 9.53 Å². The molecule has 3 nitrogen and oxygen atoms in total. The quantitative estimate of drug-likeness (QED) is 0.471. The van der Waals surface area contributed by atoms with E-state index in [4.69, 9.17) is 4.74 Å². The van der Waals surface area contributed by atoms with Crippen molar-refractivity contribution >= 4 is 5.91 Å². The van der Waals surface area contributed by atoms with Gasteiger partial charge < -0.3 is 9.64 Å². The highest BCUT2D eigenvalue weighted by molar-refractivity contribution is 5.92. The molecule has 0 aliphatic heterocycles. The molecule has 16 heavy (non-hydrogen) atoms. The van der Waals surface area contributed by atoms with E-state index in [0.717, 1.165) is 32.4 Å². The first-order valence-corrected chi connectivity index (χ1v) is 5.91. The van der Waals surface area contributed by atoms with Crippen LogP contribution in [0.3, 0.4) is 0 Å². The Bertz CT molecular complexity index is 224. The molecule has 0 aromatic carbocycles. The first kappa shape index (κ1) is 15.2. The van der Waals surface area contributed by atoms with Gasteiger partial charge in [0, 0.05) is 32.9 Å². The zero-order valence-electron chi connectivity index (χ0n) is 11.1. The fraction of sp³-hybridized carbons (Fsp3) is 0.769. The minimum absolute atomic E-state index is 0.0751. The zero-order valence-corrected chi connectivity index (χ0v) is 11.1. The number of rotatable bonds is 8. The number of hydrogen-bond donors (Lipinski definition) is 0. The lowest BCUT2D eigenvalue weighted by Crippen LogP contribution is -2.29. The van der Waals surface area contributed by atoms with E-state index < -0.39 is 0 Å². The second-order valence-electron chi connectivity index (χ2n) is 4.63. The molecule has 0 unspecified atom stereocenters. The number of likely N-dealkylation sites (N-methyl/N-ethyl adjacent to an activating group) is 1. The first-order chi connectivity index (χ1) is 7.49. The smallest absolute Gasteiger partial charge is 0.248 e. The largest absolute Gasteiger partial charge is 0.385 e. The summed E-state index contributed by atoms with van der Waals surface area (Å²) in [5, 5.41) is 0. The van der Waals surface area contributed by atoms with Crippen LogP contribution in [0.25, 0.3) is 0 Å². The number of hydrogen-bond acceptors (Lipinski definition) is 2. The molecule has 94 valence electrons. The van der Waals surface area contributed by atoms with Crippen LogP contribution in [0.15, 0.2) is 12.2 Å². The van der Waals surface area contributed by atoms with Crippen molar-refractivity contribution in [3.63, 3.8) is 0 Å². The number of methoxy groups -OCH3 is 1. The molecular weight excluding hydrogens is 202 g/mol. The summed E-state index contributed by atoms with van der Waals surface area (Å²) < 4.78 is 4.96. The molecule has 0 heterocycles. The Balaban J connectivity index is 3.84. The van der Waals surface area contributed by atoms with Crippen molar-refractivity contribution in [1.82, 2.24) is 4.90 Å². The minimum Gasteiger partial charge on any atom is -0.385 e.